The molecular weight excluding hydrogens is 116 g/mol. The van der Waals surface area contributed by atoms with Gasteiger partial charge in [-0.25, -0.2) is 0 Å². The van der Waals surface area contributed by atoms with Crippen molar-refractivity contribution in [3.63, 3.8) is 0 Å². The van der Waals surface area contributed by atoms with E-state index in [1.165, 1.54) is 13.8 Å². The van der Waals surface area contributed by atoms with E-state index >= 15 is 0 Å². The summed E-state index contributed by atoms with van der Waals surface area (Å²) in [5.74, 6) is -1.23. The Balaban J connectivity index is 3.47. The smallest absolute Gasteiger partial charge is 0.196 e. The maximum absolute atomic E-state index is 10.9. The second-order valence-corrected chi connectivity index (χ2v) is 2.74. The van der Waals surface area contributed by atoms with Crippen molar-refractivity contribution in [1.29, 1.82) is 0 Å². The van der Waals surface area contributed by atoms with E-state index in [1.54, 1.807) is 0 Å². The zero-order valence-electron chi connectivity index (χ0n) is 6.60. The van der Waals surface area contributed by atoms with Gasteiger partial charge in [-0.15, -0.1) is 0 Å². The highest BCUT2D eigenvalue weighted by atomic mass is 16.6. The zero-order valence-corrected chi connectivity index (χ0v) is 6.60. The molecule has 9 heavy (non-hydrogen) atoms. The molecule has 0 aromatic rings. The molecule has 55 valence electrons. The molecule has 0 rings (SSSR count). The fourth-order valence-electron chi connectivity index (χ4n) is 0.568. The first kappa shape index (κ1) is 8.92. The molecule has 0 spiro atoms. The summed E-state index contributed by atoms with van der Waals surface area (Å²) in [6, 6.07) is 0. The van der Waals surface area contributed by atoms with E-state index in [1.807, 2.05) is 13.8 Å². The van der Waals surface area contributed by atoms with Crippen LogP contribution in [0.3, 0.4) is 0 Å². The minimum Gasteiger partial charge on any atom is -0.345 e. The molecule has 1 unspecified atom stereocenters. The molecule has 0 aromatic heterocycles. The van der Waals surface area contributed by atoms with Crippen LogP contribution in [0.5, 0.6) is 0 Å². The predicted octanol–water partition coefficient (Wildman–Crippen LogP) is 1.97. The molecule has 0 amide bonds. The van der Waals surface area contributed by atoms with Crippen molar-refractivity contribution in [3.05, 3.63) is 0 Å². The third-order valence-corrected chi connectivity index (χ3v) is 1.06. The van der Waals surface area contributed by atoms with Crippen LogP contribution in [0.2, 0.25) is 0 Å². The molecule has 0 N–H and O–H groups in total. The fourth-order valence-corrected chi connectivity index (χ4v) is 0.568. The van der Waals surface area contributed by atoms with Crippen LogP contribution in [0.4, 0.5) is 0 Å². The van der Waals surface area contributed by atoms with Gasteiger partial charge in [0.15, 0.2) is 5.79 Å². The average molecular weight is 131 g/mol. The van der Waals surface area contributed by atoms with Gasteiger partial charge in [0.25, 0.3) is 0 Å². The Morgan fingerprint density at radius 1 is 1.56 bits per heavy atom. The van der Waals surface area contributed by atoms with E-state index < -0.39 is 5.79 Å². The maximum Gasteiger partial charge on any atom is 0.196 e. The van der Waals surface area contributed by atoms with Gasteiger partial charge >= 0.3 is 0 Å². The van der Waals surface area contributed by atoms with Crippen molar-refractivity contribution in [2.75, 3.05) is 0 Å². The Labute approximate surface area is 56.8 Å². The summed E-state index contributed by atoms with van der Waals surface area (Å²) in [7, 11) is 0. The highest BCUT2D eigenvalue weighted by Crippen LogP contribution is 2.09. The van der Waals surface area contributed by atoms with E-state index in [-0.39, 0.29) is 6.10 Å². The number of rotatable bonds is 3. The first-order valence-corrected chi connectivity index (χ1v) is 3.34. The average Bonchev–Trinajstić information content (AvgIpc) is 1.62. The van der Waals surface area contributed by atoms with Crippen LogP contribution >= 0.6 is 0 Å². The molecule has 2 heteroatoms. The highest BCUT2D eigenvalue weighted by Gasteiger charge is 2.17. The third kappa shape index (κ3) is 5.80. The summed E-state index contributed by atoms with van der Waals surface area (Å²) in [6.45, 7) is 6.95. The molecule has 0 saturated heterocycles. The lowest BCUT2D eigenvalue weighted by Crippen LogP contribution is -2.26. The van der Waals surface area contributed by atoms with E-state index in [2.05, 4.69) is 0 Å². The van der Waals surface area contributed by atoms with Gasteiger partial charge in [-0.3, -0.25) is 0 Å². The minimum atomic E-state index is -1.23. The Kier molecular flexibility index (Phi) is 3.15. The molecule has 0 saturated carbocycles. The summed E-state index contributed by atoms with van der Waals surface area (Å²) in [5.41, 5.74) is 0. The van der Waals surface area contributed by atoms with Crippen molar-refractivity contribution < 1.29 is 9.84 Å². The molecular formula is C7H15O2. The second kappa shape index (κ2) is 3.18. The molecule has 0 bridgehead atoms. The lowest BCUT2D eigenvalue weighted by atomic mass is 10.3. The van der Waals surface area contributed by atoms with Crippen LogP contribution in [0, 0.1) is 0 Å². The topological polar surface area (TPSA) is 29.1 Å². The Bertz CT molecular complexity index is 73.5. The van der Waals surface area contributed by atoms with Crippen LogP contribution < -0.4 is 0 Å². The van der Waals surface area contributed by atoms with Gasteiger partial charge in [0, 0.05) is 0 Å². The first-order chi connectivity index (χ1) is 3.95. The van der Waals surface area contributed by atoms with Crippen LogP contribution in [0.15, 0.2) is 0 Å². The van der Waals surface area contributed by atoms with Gasteiger partial charge in [-0.2, -0.15) is 5.11 Å². The fraction of sp³-hybridized carbons (Fsp3) is 1.00. The Morgan fingerprint density at radius 3 is 2.11 bits per heavy atom. The first-order valence-electron chi connectivity index (χ1n) is 3.34. The molecule has 0 aliphatic carbocycles. The largest absolute Gasteiger partial charge is 0.345 e. The highest BCUT2D eigenvalue weighted by molar-refractivity contribution is 4.52. The van der Waals surface area contributed by atoms with Crippen LogP contribution in [0.1, 0.15) is 34.1 Å². The van der Waals surface area contributed by atoms with Gasteiger partial charge in [0.2, 0.25) is 0 Å². The van der Waals surface area contributed by atoms with Gasteiger partial charge in [-0.05, 0) is 27.2 Å². The van der Waals surface area contributed by atoms with Crippen molar-refractivity contribution in [1.82, 2.24) is 0 Å². The number of hydrogen-bond acceptors (Lipinski definition) is 1. The van der Waals surface area contributed by atoms with Gasteiger partial charge in [0.1, 0.15) is 0 Å². The van der Waals surface area contributed by atoms with E-state index in [9.17, 15) is 5.11 Å². The number of hydrogen-bond donors (Lipinski definition) is 0. The summed E-state index contributed by atoms with van der Waals surface area (Å²) < 4.78 is 5.03. The molecule has 1 atom stereocenters. The van der Waals surface area contributed by atoms with Crippen molar-refractivity contribution >= 4 is 0 Å². The van der Waals surface area contributed by atoms with Gasteiger partial charge in [-0.1, -0.05) is 6.92 Å². The Hall–Kier alpha value is -0.0800. The van der Waals surface area contributed by atoms with Crippen molar-refractivity contribution in [2.24, 2.45) is 0 Å². The van der Waals surface area contributed by atoms with E-state index in [4.69, 9.17) is 4.74 Å². The normalized spacial score (nSPS) is 15.7. The number of ether oxygens (including phenoxy) is 1. The molecule has 0 aliphatic rings. The van der Waals surface area contributed by atoms with Crippen LogP contribution in [-0.4, -0.2) is 11.9 Å². The maximum atomic E-state index is 10.9. The van der Waals surface area contributed by atoms with E-state index in [0.29, 0.717) is 0 Å². The molecule has 0 heterocycles. The molecule has 0 fully saturated rings. The van der Waals surface area contributed by atoms with Crippen LogP contribution in [-0.2, 0) is 9.84 Å². The zero-order chi connectivity index (χ0) is 7.49. The summed E-state index contributed by atoms with van der Waals surface area (Å²) >= 11 is 0. The molecule has 2 nitrogen and oxygen atoms in total. The molecule has 1 radical (unpaired) electrons. The van der Waals surface area contributed by atoms with Crippen LogP contribution in [0.25, 0.3) is 0 Å². The summed E-state index contributed by atoms with van der Waals surface area (Å²) in [6.07, 6.45) is 0.976. The van der Waals surface area contributed by atoms with Crippen molar-refractivity contribution in [3.8, 4) is 0 Å². The van der Waals surface area contributed by atoms with Crippen molar-refractivity contribution in [2.45, 2.75) is 46.0 Å². The summed E-state index contributed by atoms with van der Waals surface area (Å²) in [4.78, 5) is 0. The second-order valence-electron chi connectivity index (χ2n) is 2.74. The lowest BCUT2D eigenvalue weighted by Gasteiger charge is -2.20. The quantitative estimate of drug-likeness (QED) is 0.538. The standard InChI is InChI=1S/C7H15O2/c1-5-6(2)9-7(3,4)8/h6H,5H2,1-4H3. The summed E-state index contributed by atoms with van der Waals surface area (Å²) in [5, 5.41) is 10.9. The molecule has 0 aromatic carbocycles. The van der Waals surface area contributed by atoms with E-state index in [0.717, 1.165) is 6.42 Å². The SMILES string of the molecule is CCC(C)OC(C)(C)[O]. The molecule has 0 aliphatic heterocycles. The monoisotopic (exact) mass is 131 g/mol. The third-order valence-electron chi connectivity index (χ3n) is 1.06. The predicted molar refractivity (Wildman–Crippen MR) is 35.6 cm³/mol. The van der Waals surface area contributed by atoms with Gasteiger partial charge in [0.05, 0.1) is 6.10 Å². The van der Waals surface area contributed by atoms with Gasteiger partial charge < -0.3 is 4.74 Å². The minimum absolute atomic E-state index is 0.0810. The lowest BCUT2D eigenvalue weighted by molar-refractivity contribution is -0.236. The Morgan fingerprint density at radius 2 is 2.00 bits per heavy atom.